The quantitative estimate of drug-likeness (QED) is 0.103. The Morgan fingerprint density at radius 1 is 0.778 bits per heavy atom. The van der Waals surface area contributed by atoms with Crippen LogP contribution in [-0.4, -0.2) is 64.7 Å². The molecule has 6 nitrogen and oxygen atoms in total. The molecule has 1 N–H and O–H groups in total. The number of amides is 1. The number of hydrogen-bond donors (Lipinski definition) is 1. The molecular formula is C21H47F6NO5P2Si. The zero-order chi connectivity index (χ0) is 28.7. The van der Waals surface area contributed by atoms with Gasteiger partial charge in [-0.2, -0.15) is 0 Å². The first-order valence-electron chi connectivity index (χ1n) is 12.6. The molecule has 36 heavy (non-hydrogen) atoms. The number of nitrogens with one attached hydrogen (secondary N) is 1. The molecule has 0 aliphatic rings. The van der Waals surface area contributed by atoms with E-state index in [9.17, 15) is 30.0 Å². The summed E-state index contributed by atoms with van der Waals surface area (Å²) in [4.78, 5) is 12.8. The number of ether oxygens (including phenoxy) is 1. The first-order chi connectivity index (χ1) is 16.3. The maximum atomic E-state index is 12.8. The third-order valence-electron chi connectivity index (χ3n) is 5.59. The van der Waals surface area contributed by atoms with E-state index in [4.69, 9.17) is 18.0 Å². The minimum atomic E-state index is -10.7. The van der Waals surface area contributed by atoms with Crippen molar-refractivity contribution in [3.05, 3.63) is 0 Å². The Hall–Kier alpha value is -0.193. The Morgan fingerprint density at radius 2 is 1.11 bits per heavy atom. The van der Waals surface area contributed by atoms with E-state index in [1.165, 1.54) is 0 Å². The van der Waals surface area contributed by atoms with Crippen molar-refractivity contribution >= 4 is 30.0 Å². The number of rotatable bonds is 17. The Morgan fingerprint density at radius 3 is 1.36 bits per heavy atom. The molecule has 2 atom stereocenters. The molecular weight excluding hydrogens is 550 g/mol. The molecule has 0 heterocycles. The molecule has 0 bridgehead atoms. The van der Waals surface area contributed by atoms with Crippen molar-refractivity contribution < 1.29 is 48.0 Å². The zero-order valence-corrected chi connectivity index (χ0v) is 25.7. The topological polar surface area (TPSA) is 66.0 Å². The van der Waals surface area contributed by atoms with Crippen LogP contribution in [0.25, 0.3) is 0 Å². The standard InChI is InChI=1S/C21H46NO5PSi.F6P/c1-9-16-24-29(25-17-10-2,26-18-11-3)20(12-4)22-21(23)27-19(8)28(13-5,14-6)15-7;1-7(2,3,4,5)6/h19-20H,9-18H2,1-8H3;/q;-1/p+1. The fourth-order valence-corrected chi connectivity index (χ4v) is 9.80. The SMILES string of the molecule is CCCO[Si](OCCC)(OCCC)C(CC)NC(=O)OC(C)[P+](CC)(CC)CC.F[P-](F)(F)(F)(F)F. The molecule has 222 valence electrons. The summed E-state index contributed by atoms with van der Waals surface area (Å²) in [6.07, 6.45) is 6.15. The van der Waals surface area contributed by atoms with Crippen molar-refractivity contribution in [1.82, 2.24) is 5.32 Å². The van der Waals surface area contributed by atoms with Crippen LogP contribution in [0, 0.1) is 0 Å². The maximum absolute atomic E-state index is 12.8. The molecule has 0 aromatic carbocycles. The molecule has 0 rings (SSSR count). The number of carbonyl (C=O) groups excluding carboxylic acids is 1. The monoisotopic (exact) mass is 597 g/mol. The summed E-state index contributed by atoms with van der Waals surface area (Å²) in [5.74, 6) is -0.0549. The average Bonchev–Trinajstić information content (AvgIpc) is 2.77. The molecule has 0 aliphatic heterocycles. The number of halogens is 6. The molecule has 0 saturated heterocycles. The first kappa shape index (κ1) is 38.0. The third-order valence-corrected chi connectivity index (χ3v) is 14.2. The van der Waals surface area contributed by atoms with Gasteiger partial charge in [-0.05, 0) is 46.5 Å². The van der Waals surface area contributed by atoms with Crippen LogP contribution in [0.2, 0.25) is 0 Å². The van der Waals surface area contributed by atoms with Gasteiger partial charge in [0.15, 0.2) is 0 Å². The fraction of sp³-hybridized carbons (Fsp3) is 0.952. The van der Waals surface area contributed by atoms with Gasteiger partial charge in [0.25, 0.3) is 0 Å². The Kier molecular flexibility index (Phi) is 16.2. The first-order valence-corrected chi connectivity index (χ1v) is 18.9. The summed E-state index contributed by atoms with van der Waals surface area (Å²) in [6.45, 7) is 18.6. The molecule has 0 aromatic rings. The van der Waals surface area contributed by atoms with Crippen LogP contribution in [0.1, 0.15) is 81.1 Å². The Labute approximate surface area is 214 Å². The van der Waals surface area contributed by atoms with E-state index in [-0.39, 0.29) is 17.6 Å². The van der Waals surface area contributed by atoms with Crippen molar-refractivity contribution in [1.29, 1.82) is 0 Å². The van der Waals surface area contributed by atoms with Gasteiger partial charge in [-0.3, -0.25) is 0 Å². The number of carbonyl (C=O) groups is 1. The predicted octanol–water partition coefficient (Wildman–Crippen LogP) is 9.05. The van der Waals surface area contributed by atoms with E-state index in [1.54, 1.807) is 0 Å². The third kappa shape index (κ3) is 17.3. The molecule has 15 heteroatoms. The van der Waals surface area contributed by atoms with E-state index in [1.807, 2.05) is 13.8 Å². The summed E-state index contributed by atoms with van der Waals surface area (Å²) >= 11 is 0. The van der Waals surface area contributed by atoms with E-state index < -0.39 is 23.9 Å². The summed E-state index contributed by atoms with van der Waals surface area (Å²) in [5.41, 5.74) is -0.315. The van der Waals surface area contributed by atoms with Crippen molar-refractivity contribution in [2.45, 2.75) is 92.6 Å². The van der Waals surface area contributed by atoms with E-state index in [2.05, 4.69) is 46.9 Å². The average molecular weight is 598 g/mol. The number of alkyl carbamates (subject to hydrolysis) is 1. The van der Waals surface area contributed by atoms with Crippen LogP contribution in [0.5, 0.6) is 0 Å². The van der Waals surface area contributed by atoms with Crippen molar-refractivity contribution in [3.8, 4) is 0 Å². The molecule has 0 saturated carbocycles. The molecule has 0 fully saturated rings. The second-order valence-electron chi connectivity index (χ2n) is 8.38. The van der Waals surface area contributed by atoms with E-state index in [0.717, 1.165) is 37.7 Å². The van der Waals surface area contributed by atoms with E-state index >= 15 is 0 Å². The second kappa shape index (κ2) is 15.4. The van der Waals surface area contributed by atoms with Crippen LogP contribution in [0.15, 0.2) is 0 Å². The van der Waals surface area contributed by atoms with Crippen LogP contribution < -0.4 is 5.32 Å². The molecule has 0 aliphatic carbocycles. The minimum absolute atomic E-state index is 0.0549. The summed E-state index contributed by atoms with van der Waals surface area (Å²) in [7, 11) is -15.0. The second-order valence-corrected chi connectivity index (χ2v) is 18.1. The summed E-state index contributed by atoms with van der Waals surface area (Å²) < 4.78 is 83.7. The van der Waals surface area contributed by atoms with Gasteiger partial charge in [-0.1, -0.05) is 27.7 Å². The summed E-state index contributed by atoms with van der Waals surface area (Å²) in [6, 6.07) is 0. The normalized spacial score (nSPS) is 16.2. The van der Waals surface area contributed by atoms with Crippen molar-refractivity contribution in [2.75, 3.05) is 38.3 Å². The Balaban J connectivity index is 0. The molecule has 0 aromatic heterocycles. The van der Waals surface area contributed by atoms with Gasteiger partial charge in [-0.25, -0.2) is 4.79 Å². The Bertz CT molecular complexity index is 586. The van der Waals surface area contributed by atoms with Gasteiger partial charge >= 0.3 is 47.9 Å². The number of hydrogen-bond acceptors (Lipinski definition) is 5. The van der Waals surface area contributed by atoms with Crippen LogP contribution >= 0.6 is 15.1 Å². The van der Waals surface area contributed by atoms with Gasteiger partial charge in [0, 0.05) is 26.7 Å². The van der Waals surface area contributed by atoms with Crippen molar-refractivity contribution in [2.24, 2.45) is 0 Å². The van der Waals surface area contributed by atoms with Gasteiger partial charge in [0.05, 0.1) is 25.7 Å². The van der Waals surface area contributed by atoms with Crippen LogP contribution in [0.3, 0.4) is 0 Å². The van der Waals surface area contributed by atoms with Crippen molar-refractivity contribution in [3.63, 3.8) is 0 Å². The van der Waals surface area contributed by atoms with Gasteiger partial charge in [-0.15, -0.1) is 0 Å². The zero-order valence-electron chi connectivity index (χ0n) is 22.9. The summed E-state index contributed by atoms with van der Waals surface area (Å²) in [5, 5.41) is 3.05. The van der Waals surface area contributed by atoms with Gasteiger partial charge in [0.2, 0.25) is 5.85 Å². The molecule has 1 amide bonds. The van der Waals surface area contributed by atoms with Crippen LogP contribution in [0.4, 0.5) is 30.0 Å². The predicted molar refractivity (Wildman–Crippen MR) is 140 cm³/mol. The molecule has 0 radical (unpaired) electrons. The molecule has 0 spiro atoms. The van der Waals surface area contributed by atoms with Gasteiger partial charge < -0.3 is 23.3 Å². The van der Waals surface area contributed by atoms with E-state index in [0.29, 0.717) is 26.2 Å². The van der Waals surface area contributed by atoms with Gasteiger partial charge in [0.1, 0.15) is 5.67 Å². The molecule has 2 unspecified atom stereocenters. The fourth-order valence-electron chi connectivity index (χ4n) is 3.49. The van der Waals surface area contributed by atoms with Crippen LogP contribution in [-0.2, 0) is 18.0 Å².